The normalized spacial score (nSPS) is 14.9. The largest absolute Gasteiger partial charge is 0.371 e. The van der Waals surface area contributed by atoms with Gasteiger partial charge in [0.1, 0.15) is 0 Å². The highest BCUT2D eigenvalue weighted by molar-refractivity contribution is 5.96. The van der Waals surface area contributed by atoms with Crippen molar-refractivity contribution in [3.63, 3.8) is 0 Å². The third kappa shape index (κ3) is 2.02. The molecule has 0 fully saturated rings. The van der Waals surface area contributed by atoms with Crippen molar-refractivity contribution in [3.05, 3.63) is 0 Å². The van der Waals surface area contributed by atoms with Gasteiger partial charge in [0, 0.05) is 6.61 Å². The van der Waals surface area contributed by atoms with E-state index in [0.717, 1.165) is 0 Å². The van der Waals surface area contributed by atoms with E-state index in [9.17, 15) is 9.59 Å². The first-order valence-electron chi connectivity index (χ1n) is 3.68. The van der Waals surface area contributed by atoms with Crippen LogP contribution in [0.25, 0.3) is 0 Å². The first kappa shape index (κ1) is 11.1. The lowest BCUT2D eigenvalue weighted by molar-refractivity contribution is -0.173. The lowest BCUT2D eigenvalue weighted by atomic mass is 10.0. The lowest BCUT2D eigenvalue weighted by Crippen LogP contribution is -2.45. The van der Waals surface area contributed by atoms with Crippen LogP contribution >= 0.6 is 0 Å². The molecule has 1 atom stereocenters. The molecule has 2 N–H and O–H groups in total. The van der Waals surface area contributed by atoms with Crippen molar-refractivity contribution in [2.24, 2.45) is 5.90 Å². The Labute approximate surface area is 70.8 Å². The molecule has 5 nitrogen and oxygen atoms in total. The van der Waals surface area contributed by atoms with E-state index in [-0.39, 0.29) is 13.0 Å². The van der Waals surface area contributed by atoms with E-state index in [1.54, 1.807) is 13.8 Å². The Bertz CT molecular complexity index is 171. The second kappa shape index (κ2) is 4.84. The summed E-state index contributed by atoms with van der Waals surface area (Å²) >= 11 is 0. The van der Waals surface area contributed by atoms with Crippen molar-refractivity contribution in [1.82, 2.24) is 0 Å². The molecule has 0 radical (unpaired) electrons. The first-order chi connectivity index (χ1) is 5.66. The van der Waals surface area contributed by atoms with E-state index >= 15 is 0 Å². The zero-order valence-corrected chi connectivity index (χ0v) is 7.20. The molecule has 1 unspecified atom stereocenters. The molecule has 0 heterocycles. The van der Waals surface area contributed by atoms with Crippen molar-refractivity contribution >= 4 is 12.3 Å². The Kier molecular flexibility index (Phi) is 4.46. The molecule has 0 spiro atoms. The Morgan fingerprint density at radius 1 is 1.58 bits per heavy atom. The van der Waals surface area contributed by atoms with Crippen molar-refractivity contribution in [1.29, 1.82) is 0 Å². The van der Waals surface area contributed by atoms with Crippen LogP contribution in [-0.4, -0.2) is 24.5 Å². The minimum atomic E-state index is -1.52. The van der Waals surface area contributed by atoms with E-state index in [2.05, 4.69) is 10.7 Å². The van der Waals surface area contributed by atoms with Crippen LogP contribution in [0.1, 0.15) is 20.3 Å². The Balaban J connectivity index is 4.55. The van der Waals surface area contributed by atoms with Crippen LogP contribution in [0.5, 0.6) is 0 Å². The SMILES string of the molecule is CCOC(C=O)(CC)C(=O)ON. The highest BCUT2D eigenvalue weighted by atomic mass is 16.7. The van der Waals surface area contributed by atoms with E-state index in [1.165, 1.54) is 0 Å². The second-order valence-electron chi connectivity index (χ2n) is 2.20. The third-order valence-electron chi connectivity index (χ3n) is 1.57. The molecule has 12 heavy (non-hydrogen) atoms. The summed E-state index contributed by atoms with van der Waals surface area (Å²) in [6.45, 7) is 3.57. The van der Waals surface area contributed by atoms with Crippen molar-refractivity contribution < 1.29 is 19.2 Å². The van der Waals surface area contributed by atoms with Gasteiger partial charge in [0.15, 0.2) is 6.29 Å². The smallest absolute Gasteiger partial charge is 0.364 e. The molecule has 0 saturated heterocycles. The maximum absolute atomic E-state index is 11.0. The van der Waals surface area contributed by atoms with Crippen molar-refractivity contribution in [2.75, 3.05) is 6.61 Å². The van der Waals surface area contributed by atoms with Gasteiger partial charge in [-0.15, -0.1) is 0 Å². The zero-order valence-electron chi connectivity index (χ0n) is 7.20. The molecule has 0 aromatic carbocycles. The number of carbonyl (C=O) groups excluding carboxylic acids is 2. The van der Waals surface area contributed by atoms with E-state index in [0.29, 0.717) is 6.29 Å². The van der Waals surface area contributed by atoms with Gasteiger partial charge in [-0.25, -0.2) is 4.79 Å². The summed E-state index contributed by atoms with van der Waals surface area (Å²) in [7, 11) is 0. The van der Waals surface area contributed by atoms with Crippen LogP contribution in [0.15, 0.2) is 0 Å². The van der Waals surface area contributed by atoms with Gasteiger partial charge in [0.05, 0.1) is 0 Å². The monoisotopic (exact) mass is 175 g/mol. The fourth-order valence-corrected chi connectivity index (χ4v) is 0.828. The number of aldehydes is 1. The number of hydrogen-bond acceptors (Lipinski definition) is 5. The molecule has 0 aliphatic heterocycles. The number of ether oxygens (including phenoxy) is 1. The maximum Gasteiger partial charge on any atom is 0.364 e. The molecule has 0 rings (SSSR count). The van der Waals surface area contributed by atoms with E-state index in [1.807, 2.05) is 0 Å². The highest BCUT2D eigenvalue weighted by Gasteiger charge is 2.39. The summed E-state index contributed by atoms with van der Waals surface area (Å²) in [5.74, 6) is 3.79. The summed E-state index contributed by atoms with van der Waals surface area (Å²) in [5.41, 5.74) is -1.52. The lowest BCUT2D eigenvalue weighted by Gasteiger charge is -2.22. The van der Waals surface area contributed by atoms with Gasteiger partial charge < -0.3 is 9.57 Å². The molecule has 0 amide bonds. The van der Waals surface area contributed by atoms with E-state index < -0.39 is 11.6 Å². The predicted molar refractivity (Wildman–Crippen MR) is 41.0 cm³/mol. The summed E-state index contributed by atoms with van der Waals surface area (Å²) in [4.78, 5) is 25.5. The van der Waals surface area contributed by atoms with Crippen molar-refractivity contribution in [2.45, 2.75) is 25.9 Å². The summed E-state index contributed by atoms with van der Waals surface area (Å²) in [5, 5.41) is 0. The zero-order chi connectivity index (χ0) is 9.61. The minimum Gasteiger partial charge on any atom is -0.371 e. The quantitative estimate of drug-likeness (QED) is 0.355. The van der Waals surface area contributed by atoms with Crippen molar-refractivity contribution in [3.8, 4) is 0 Å². The predicted octanol–water partition coefficient (Wildman–Crippen LogP) is -0.213. The maximum atomic E-state index is 11.0. The average Bonchev–Trinajstić information content (AvgIpc) is 2.13. The molecule has 70 valence electrons. The van der Waals surface area contributed by atoms with Crippen LogP contribution in [0, 0.1) is 0 Å². The van der Waals surface area contributed by atoms with Gasteiger partial charge in [-0.3, -0.25) is 4.79 Å². The van der Waals surface area contributed by atoms with E-state index in [4.69, 9.17) is 4.74 Å². The van der Waals surface area contributed by atoms with Gasteiger partial charge in [-0.1, -0.05) is 6.92 Å². The number of nitrogens with two attached hydrogens (primary N) is 1. The van der Waals surface area contributed by atoms with Crippen LogP contribution in [0.3, 0.4) is 0 Å². The standard InChI is InChI=1S/C7H13NO4/c1-3-7(5-9,11-4-2)6(10)12-8/h5H,3-4,8H2,1-2H3. The molecule has 0 aromatic rings. The molecule has 0 bridgehead atoms. The number of rotatable bonds is 5. The third-order valence-corrected chi connectivity index (χ3v) is 1.57. The second-order valence-corrected chi connectivity index (χ2v) is 2.20. The Morgan fingerprint density at radius 2 is 2.17 bits per heavy atom. The fraction of sp³-hybridized carbons (Fsp3) is 0.714. The Hall–Kier alpha value is -0.940. The number of carbonyl (C=O) groups is 2. The van der Waals surface area contributed by atoms with Gasteiger partial charge >= 0.3 is 5.97 Å². The summed E-state index contributed by atoms with van der Waals surface area (Å²) in [6.07, 6.45) is 0.617. The summed E-state index contributed by atoms with van der Waals surface area (Å²) < 4.78 is 4.96. The minimum absolute atomic E-state index is 0.209. The molecule has 0 aliphatic rings. The fourth-order valence-electron chi connectivity index (χ4n) is 0.828. The molecule has 0 aromatic heterocycles. The van der Waals surface area contributed by atoms with Gasteiger partial charge in [-0.05, 0) is 13.3 Å². The molecule has 0 saturated carbocycles. The van der Waals surface area contributed by atoms with Gasteiger partial charge in [0.2, 0.25) is 5.60 Å². The summed E-state index contributed by atoms with van der Waals surface area (Å²) in [6, 6.07) is 0. The molecule has 5 heteroatoms. The molecule has 0 aliphatic carbocycles. The van der Waals surface area contributed by atoms with Crippen LogP contribution < -0.4 is 5.90 Å². The van der Waals surface area contributed by atoms with Crippen LogP contribution in [0.2, 0.25) is 0 Å². The van der Waals surface area contributed by atoms with Gasteiger partial charge in [0.25, 0.3) is 0 Å². The van der Waals surface area contributed by atoms with Gasteiger partial charge in [-0.2, -0.15) is 5.90 Å². The molecular weight excluding hydrogens is 162 g/mol. The number of hydrogen-bond donors (Lipinski definition) is 1. The highest BCUT2D eigenvalue weighted by Crippen LogP contribution is 2.14. The van der Waals surface area contributed by atoms with Crippen LogP contribution in [0.4, 0.5) is 0 Å². The first-order valence-corrected chi connectivity index (χ1v) is 3.68. The van der Waals surface area contributed by atoms with Crippen LogP contribution in [-0.2, 0) is 19.2 Å². The Morgan fingerprint density at radius 3 is 2.42 bits per heavy atom. The average molecular weight is 175 g/mol. The molecular formula is C7H13NO4. The topological polar surface area (TPSA) is 78.6 Å².